The highest BCUT2D eigenvalue weighted by atomic mass is 16.6. The zero-order chi connectivity index (χ0) is 12.8. The van der Waals surface area contributed by atoms with Crippen LogP contribution in [0.2, 0.25) is 0 Å². The Morgan fingerprint density at radius 2 is 1.82 bits per heavy atom. The molecule has 0 amide bonds. The quantitative estimate of drug-likeness (QED) is 0.578. The van der Waals surface area contributed by atoms with E-state index in [1.54, 1.807) is 0 Å². The molecule has 0 radical (unpaired) electrons. The van der Waals surface area contributed by atoms with Crippen LogP contribution in [0.15, 0.2) is 17.3 Å². The van der Waals surface area contributed by atoms with Gasteiger partial charge in [-0.05, 0) is 57.9 Å². The van der Waals surface area contributed by atoms with E-state index in [4.69, 9.17) is 9.57 Å². The summed E-state index contributed by atoms with van der Waals surface area (Å²) in [6.07, 6.45) is 0. The van der Waals surface area contributed by atoms with Gasteiger partial charge in [0.2, 0.25) is 0 Å². The molecule has 0 aliphatic rings. The molecule has 0 aromatic heterocycles. The molecule has 0 bridgehead atoms. The van der Waals surface area contributed by atoms with Crippen molar-refractivity contribution >= 4 is 5.71 Å². The average molecular weight is 235 g/mol. The highest BCUT2D eigenvalue weighted by Crippen LogP contribution is 2.23. The van der Waals surface area contributed by atoms with Crippen molar-refractivity contribution in [3.05, 3.63) is 28.8 Å². The molecule has 0 N–H and O–H groups in total. The van der Waals surface area contributed by atoms with E-state index in [-0.39, 0.29) is 0 Å². The topological polar surface area (TPSA) is 30.8 Å². The predicted molar refractivity (Wildman–Crippen MR) is 70.9 cm³/mol. The van der Waals surface area contributed by atoms with Crippen LogP contribution in [0, 0.1) is 13.8 Å². The monoisotopic (exact) mass is 235 g/mol. The number of hydrogen-bond acceptors (Lipinski definition) is 3. The molecule has 0 atom stereocenters. The van der Waals surface area contributed by atoms with Crippen LogP contribution in [0.4, 0.5) is 0 Å². The fourth-order valence-electron chi connectivity index (χ4n) is 1.70. The second-order valence-corrected chi connectivity index (χ2v) is 3.96. The first-order valence-electron chi connectivity index (χ1n) is 6.01. The molecule has 3 heteroatoms. The average Bonchev–Trinajstić information content (AvgIpc) is 2.30. The second kappa shape index (κ2) is 6.28. The normalized spacial score (nSPS) is 11.5. The number of aryl methyl sites for hydroxylation is 2. The second-order valence-electron chi connectivity index (χ2n) is 3.96. The van der Waals surface area contributed by atoms with Crippen LogP contribution >= 0.6 is 0 Å². The molecule has 0 aliphatic heterocycles. The van der Waals surface area contributed by atoms with Crippen molar-refractivity contribution in [3.8, 4) is 5.75 Å². The maximum absolute atomic E-state index is 5.56. The van der Waals surface area contributed by atoms with Crippen molar-refractivity contribution in [2.24, 2.45) is 5.16 Å². The van der Waals surface area contributed by atoms with E-state index >= 15 is 0 Å². The number of hydrogen-bond donors (Lipinski definition) is 0. The van der Waals surface area contributed by atoms with Crippen LogP contribution in [0.1, 0.15) is 37.5 Å². The highest BCUT2D eigenvalue weighted by molar-refractivity contribution is 6.00. The zero-order valence-corrected chi connectivity index (χ0v) is 11.3. The number of benzene rings is 1. The van der Waals surface area contributed by atoms with Crippen LogP contribution in [-0.2, 0) is 4.84 Å². The van der Waals surface area contributed by atoms with Crippen LogP contribution in [-0.4, -0.2) is 18.9 Å². The number of oxime groups is 1. The van der Waals surface area contributed by atoms with E-state index in [9.17, 15) is 0 Å². The van der Waals surface area contributed by atoms with E-state index in [0.29, 0.717) is 13.2 Å². The summed E-state index contributed by atoms with van der Waals surface area (Å²) in [5, 5.41) is 4.07. The van der Waals surface area contributed by atoms with Gasteiger partial charge < -0.3 is 9.57 Å². The molecule has 0 spiro atoms. The first kappa shape index (κ1) is 13.6. The largest absolute Gasteiger partial charge is 0.494 e. The van der Waals surface area contributed by atoms with Gasteiger partial charge in [-0.3, -0.25) is 0 Å². The lowest BCUT2D eigenvalue weighted by atomic mass is 10.0. The maximum Gasteiger partial charge on any atom is 0.122 e. The first-order valence-corrected chi connectivity index (χ1v) is 6.01. The Morgan fingerprint density at radius 3 is 2.41 bits per heavy atom. The molecule has 0 aliphatic carbocycles. The van der Waals surface area contributed by atoms with Crippen molar-refractivity contribution in [2.75, 3.05) is 13.2 Å². The third kappa shape index (κ3) is 3.48. The summed E-state index contributed by atoms with van der Waals surface area (Å²) in [5.74, 6) is 0.943. The van der Waals surface area contributed by atoms with Gasteiger partial charge in [-0.25, -0.2) is 0 Å². The van der Waals surface area contributed by atoms with Crippen LogP contribution in [0.3, 0.4) is 0 Å². The van der Waals surface area contributed by atoms with E-state index in [1.165, 1.54) is 0 Å². The van der Waals surface area contributed by atoms with Crippen LogP contribution in [0.25, 0.3) is 0 Å². The van der Waals surface area contributed by atoms with Crippen LogP contribution < -0.4 is 4.74 Å². The van der Waals surface area contributed by atoms with E-state index in [2.05, 4.69) is 24.2 Å². The van der Waals surface area contributed by atoms with Gasteiger partial charge in [0.15, 0.2) is 0 Å². The van der Waals surface area contributed by atoms with Gasteiger partial charge in [-0.2, -0.15) is 0 Å². The molecular weight excluding hydrogens is 214 g/mol. The van der Waals surface area contributed by atoms with Crippen molar-refractivity contribution in [2.45, 2.75) is 34.6 Å². The van der Waals surface area contributed by atoms with Gasteiger partial charge in [-0.1, -0.05) is 5.16 Å². The standard InChI is InChI=1S/C14H21NO2/c1-6-16-14-9-10(3)13(8-11(14)4)12(5)15-17-7-2/h8-9H,6-7H2,1-5H3/b15-12+. The van der Waals surface area contributed by atoms with Crippen molar-refractivity contribution < 1.29 is 9.57 Å². The summed E-state index contributed by atoms with van der Waals surface area (Å²) in [5.41, 5.74) is 4.29. The third-order valence-electron chi connectivity index (χ3n) is 2.54. The summed E-state index contributed by atoms with van der Waals surface area (Å²) in [7, 11) is 0. The molecule has 1 aromatic carbocycles. The minimum atomic E-state index is 0.590. The fraction of sp³-hybridized carbons (Fsp3) is 0.500. The first-order chi connectivity index (χ1) is 8.10. The Kier molecular flexibility index (Phi) is 5.01. The lowest BCUT2D eigenvalue weighted by Crippen LogP contribution is -2.02. The summed E-state index contributed by atoms with van der Waals surface area (Å²) >= 11 is 0. The lowest BCUT2D eigenvalue weighted by Gasteiger charge is -2.12. The lowest BCUT2D eigenvalue weighted by molar-refractivity contribution is 0.159. The van der Waals surface area contributed by atoms with Crippen molar-refractivity contribution in [1.29, 1.82) is 0 Å². The smallest absolute Gasteiger partial charge is 0.122 e. The van der Waals surface area contributed by atoms with E-state index in [0.717, 1.165) is 28.2 Å². The molecule has 17 heavy (non-hydrogen) atoms. The Labute approximate surface area is 103 Å². The molecule has 94 valence electrons. The van der Waals surface area contributed by atoms with Gasteiger partial charge in [0, 0.05) is 5.56 Å². The van der Waals surface area contributed by atoms with Gasteiger partial charge in [0.1, 0.15) is 12.4 Å². The molecule has 0 fully saturated rings. The Hall–Kier alpha value is -1.51. The SMILES string of the molecule is CCO/N=C(\C)c1cc(C)c(OCC)cc1C. The molecule has 1 aromatic rings. The molecule has 0 saturated carbocycles. The maximum atomic E-state index is 5.56. The summed E-state index contributed by atoms with van der Waals surface area (Å²) in [6, 6.07) is 4.15. The van der Waals surface area contributed by atoms with E-state index in [1.807, 2.05) is 27.7 Å². The summed E-state index contributed by atoms with van der Waals surface area (Å²) in [6.45, 7) is 11.2. The molecule has 0 heterocycles. The minimum Gasteiger partial charge on any atom is -0.494 e. The number of nitrogens with zero attached hydrogens (tertiary/aromatic N) is 1. The molecule has 3 nitrogen and oxygen atoms in total. The van der Waals surface area contributed by atoms with Crippen molar-refractivity contribution in [1.82, 2.24) is 0 Å². The molecule has 0 saturated heterocycles. The van der Waals surface area contributed by atoms with Gasteiger partial charge >= 0.3 is 0 Å². The predicted octanol–water partition coefficient (Wildman–Crippen LogP) is 3.46. The molecule has 1 rings (SSSR count). The minimum absolute atomic E-state index is 0.590. The zero-order valence-electron chi connectivity index (χ0n) is 11.3. The van der Waals surface area contributed by atoms with Gasteiger partial charge in [0.05, 0.1) is 12.3 Å². The van der Waals surface area contributed by atoms with Crippen molar-refractivity contribution in [3.63, 3.8) is 0 Å². The molecular formula is C14H21NO2. The number of rotatable bonds is 5. The Balaban J connectivity index is 3.06. The highest BCUT2D eigenvalue weighted by Gasteiger charge is 2.08. The number of ether oxygens (including phenoxy) is 1. The summed E-state index contributed by atoms with van der Waals surface area (Å²) in [4.78, 5) is 5.08. The van der Waals surface area contributed by atoms with E-state index < -0.39 is 0 Å². The van der Waals surface area contributed by atoms with Crippen LogP contribution in [0.5, 0.6) is 5.75 Å². The fourth-order valence-corrected chi connectivity index (χ4v) is 1.70. The Bertz CT molecular complexity index is 411. The third-order valence-corrected chi connectivity index (χ3v) is 2.54. The Morgan fingerprint density at radius 1 is 1.12 bits per heavy atom. The van der Waals surface area contributed by atoms with Gasteiger partial charge in [-0.15, -0.1) is 0 Å². The summed E-state index contributed by atoms with van der Waals surface area (Å²) < 4.78 is 5.56. The molecule has 0 unspecified atom stereocenters. The van der Waals surface area contributed by atoms with Gasteiger partial charge in [0.25, 0.3) is 0 Å².